The van der Waals surface area contributed by atoms with Crippen LogP contribution in [0, 0.1) is 13.8 Å². The van der Waals surface area contributed by atoms with Gasteiger partial charge in [-0.05, 0) is 75.9 Å². The molecule has 0 spiro atoms. The third-order valence-electron chi connectivity index (χ3n) is 5.44. The molecule has 0 atom stereocenters. The van der Waals surface area contributed by atoms with Crippen molar-refractivity contribution in [1.82, 2.24) is 0 Å². The Bertz CT molecular complexity index is 1150. The first-order chi connectivity index (χ1) is 12.1. The number of hydrogen-bond acceptors (Lipinski definition) is 1. The maximum atomic E-state index is 6.22. The SMILES string of the molecule is Cc1cccc(C)c1-c1ccc2c(c1)-c1cccc3c(N)ccc-2c13. The van der Waals surface area contributed by atoms with Crippen molar-refractivity contribution >= 4 is 16.5 Å². The van der Waals surface area contributed by atoms with Crippen LogP contribution in [0.1, 0.15) is 11.1 Å². The minimum Gasteiger partial charge on any atom is -0.398 e. The number of benzene rings is 4. The summed E-state index contributed by atoms with van der Waals surface area (Å²) in [7, 11) is 0. The molecule has 0 radical (unpaired) electrons. The van der Waals surface area contributed by atoms with Crippen molar-refractivity contribution in [3.05, 3.63) is 77.9 Å². The minimum atomic E-state index is 0.850. The van der Waals surface area contributed by atoms with E-state index >= 15 is 0 Å². The molecule has 0 aliphatic heterocycles. The lowest BCUT2D eigenvalue weighted by Crippen LogP contribution is -1.88. The Morgan fingerprint density at radius 3 is 2.12 bits per heavy atom. The minimum absolute atomic E-state index is 0.850. The number of rotatable bonds is 1. The lowest BCUT2D eigenvalue weighted by atomic mass is 9.92. The summed E-state index contributed by atoms with van der Waals surface area (Å²) in [5.74, 6) is 0. The van der Waals surface area contributed by atoms with Gasteiger partial charge in [0.15, 0.2) is 0 Å². The van der Waals surface area contributed by atoms with E-state index in [1.807, 2.05) is 6.07 Å². The van der Waals surface area contributed by atoms with Gasteiger partial charge in [0, 0.05) is 11.1 Å². The average Bonchev–Trinajstić information content (AvgIpc) is 2.93. The van der Waals surface area contributed by atoms with Crippen molar-refractivity contribution in [2.75, 3.05) is 5.73 Å². The molecule has 5 rings (SSSR count). The van der Waals surface area contributed by atoms with E-state index in [1.165, 1.54) is 49.9 Å². The molecular weight excluding hydrogens is 302 g/mol. The summed E-state index contributed by atoms with van der Waals surface area (Å²) in [4.78, 5) is 0. The fraction of sp³-hybridized carbons (Fsp3) is 0.0833. The topological polar surface area (TPSA) is 26.0 Å². The number of aryl methyl sites for hydroxylation is 2. The van der Waals surface area contributed by atoms with Crippen molar-refractivity contribution in [2.24, 2.45) is 0 Å². The molecule has 1 aliphatic rings. The monoisotopic (exact) mass is 321 g/mol. The third-order valence-corrected chi connectivity index (χ3v) is 5.44. The molecule has 0 heterocycles. The fourth-order valence-electron chi connectivity index (χ4n) is 4.31. The summed E-state index contributed by atoms with van der Waals surface area (Å²) < 4.78 is 0. The van der Waals surface area contributed by atoms with Crippen molar-refractivity contribution < 1.29 is 0 Å². The molecule has 120 valence electrons. The highest BCUT2D eigenvalue weighted by atomic mass is 14.6. The van der Waals surface area contributed by atoms with Crippen LogP contribution < -0.4 is 5.73 Å². The van der Waals surface area contributed by atoms with E-state index in [0.717, 1.165) is 11.1 Å². The molecule has 4 aromatic carbocycles. The number of fused-ring (bicyclic) bond motifs is 3. The first-order valence-electron chi connectivity index (χ1n) is 8.68. The lowest BCUT2D eigenvalue weighted by molar-refractivity contribution is 1.38. The van der Waals surface area contributed by atoms with E-state index in [9.17, 15) is 0 Å². The van der Waals surface area contributed by atoms with Gasteiger partial charge in [-0.3, -0.25) is 0 Å². The lowest BCUT2D eigenvalue weighted by Gasteiger charge is -2.12. The maximum Gasteiger partial charge on any atom is 0.0394 e. The second kappa shape index (κ2) is 4.97. The van der Waals surface area contributed by atoms with Crippen LogP contribution in [-0.4, -0.2) is 0 Å². The predicted molar refractivity (Wildman–Crippen MR) is 108 cm³/mol. The Kier molecular flexibility index (Phi) is 2.84. The van der Waals surface area contributed by atoms with Crippen molar-refractivity contribution in [3.8, 4) is 33.4 Å². The largest absolute Gasteiger partial charge is 0.398 e. The molecule has 0 amide bonds. The second-order valence-corrected chi connectivity index (χ2v) is 6.96. The van der Waals surface area contributed by atoms with E-state index in [-0.39, 0.29) is 0 Å². The fourth-order valence-corrected chi connectivity index (χ4v) is 4.31. The molecule has 1 heteroatoms. The first kappa shape index (κ1) is 14.3. The number of nitrogen functional groups attached to an aromatic ring is 1. The van der Waals surface area contributed by atoms with Crippen LogP contribution in [0.25, 0.3) is 44.2 Å². The number of anilines is 1. The summed E-state index contributed by atoms with van der Waals surface area (Å²) in [6.45, 7) is 4.37. The molecule has 1 nitrogen and oxygen atoms in total. The summed E-state index contributed by atoms with van der Waals surface area (Å²) in [5, 5.41) is 2.44. The van der Waals surface area contributed by atoms with E-state index in [4.69, 9.17) is 5.73 Å². The second-order valence-electron chi connectivity index (χ2n) is 6.96. The molecule has 2 N–H and O–H groups in total. The zero-order valence-electron chi connectivity index (χ0n) is 14.4. The Morgan fingerprint density at radius 1 is 0.640 bits per heavy atom. The van der Waals surface area contributed by atoms with Gasteiger partial charge < -0.3 is 5.73 Å². The van der Waals surface area contributed by atoms with Gasteiger partial charge in [0.1, 0.15) is 0 Å². The van der Waals surface area contributed by atoms with Crippen LogP contribution in [0.3, 0.4) is 0 Å². The van der Waals surface area contributed by atoms with Gasteiger partial charge in [0.05, 0.1) is 0 Å². The van der Waals surface area contributed by atoms with Crippen LogP contribution in [0.2, 0.25) is 0 Å². The van der Waals surface area contributed by atoms with E-state index in [2.05, 4.69) is 74.5 Å². The van der Waals surface area contributed by atoms with Crippen LogP contribution in [0.5, 0.6) is 0 Å². The third kappa shape index (κ3) is 1.90. The number of nitrogens with two attached hydrogens (primary N) is 1. The first-order valence-corrected chi connectivity index (χ1v) is 8.68. The summed E-state index contributed by atoms with van der Waals surface area (Å²) in [6.07, 6.45) is 0. The van der Waals surface area contributed by atoms with Crippen molar-refractivity contribution in [3.63, 3.8) is 0 Å². The van der Waals surface area contributed by atoms with Crippen molar-refractivity contribution in [1.29, 1.82) is 0 Å². The zero-order chi connectivity index (χ0) is 17.1. The normalized spacial score (nSPS) is 11.8. The Labute approximate surface area is 147 Å². The van der Waals surface area contributed by atoms with Crippen LogP contribution >= 0.6 is 0 Å². The van der Waals surface area contributed by atoms with Gasteiger partial charge in [-0.25, -0.2) is 0 Å². The smallest absolute Gasteiger partial charge is 0.0394 e. The van der Waals surface area contributed by atoms with Gasteiger partial charge in [0.25, 0.3) is 0 Å². The molecular formula is C24H19N. The molecule has 0 saturated heterocycles. The molecule has 0 saturated carbocycles. The molecule has 0 aromatic heterocycles. The summed E-state index contributed by atoms with van der Waals surface area (Å²) >= 11 is 0. The summed E-state index contributed by atoms with van der Waals surface area (Å²) in [6, 6.07) is 24.0. The Hall–Kier alpha value is -3.06. The van der Waals surface area contributed by atoms with Gasteiger partial charge in [-0.15, -0.1) is 0 Å². The number of hydrogen-bond donors (Lipinski definition) is 1. The Morgan fingerprint density at radius 2 is 1.32 bits per heavy atom. The molecule has 0 unspecified atom stereocenters. The van der Waals surface area contributed by atoms with Gasteiger partial charge in [-0.1, -0.05) is 54.6 Å². The molecule has 0 fully saturated rings. The van der Waals surface area contributed by atoms with Gasteiger partial charge >= 0.3 is 0 Å². The quantitative estimate of drug-likeness (QED) is 0.357. The van der Waals surface area contributed by atoms with Gasteiger partial charge in [0.2, 0.25) is 0 Å². The van der Waals surface area contributed by atoms with Crippen LogP contribution in [0.15, 0.2) is 66.7 Å². The zero-order valence-corrected chi connectivity index (χ0v) is 14.4. The molecule has 0 bridgehead atoms. The van der Waals surface area contributed by atoms with Gasteiger partial charge in [-0.2, -0.15) is 0 Å². The highest BCUT2D eigenvalue weighted by molar-refractivity contribution is 6.18. The highest BCUT2D eigenvalue weighted by Crippen LogP contribution is 2.49. The van der Waals surface area contributed by atoms with E-state index in [0.29, 0.717) is 0 Å². The van der Waals surface area contributed by atoms with Crippen LogP contribution in [0.4, 0.5) is 5.69 Å². The van der Waals surface area contributed by atoms with E-state index < -0.39 is 0 Å². The maximum absolute atomic E-state index is 6.22. The molecule has 1 aliphatic carbocycles. The molecule has 25 heavy (non-hydrogen) atoms. The highest BCUT2D eigenvalue weighted by Gasteiger charge is 2.22. The van der Waals surface area contributed by atoms with E-state index in [1.54, 1.807) is 0 Å². The van der Waals surface area contributed by atoms with Crippen LogP contribution in [-0.2, 0) is 0 Å². The summed E-state index contributed by atoms with van der Waals surface area (Å²) in [5.41, 5.74) is 17.5. The average molecular weight is 321 g/mol. The standard InChI is InChI=1S/C24H19N/c1-14-5-3-6-15(2)23(14)16-9-10-17-19-11-12-22(25)20-8-4-7-18(24(19)20)21(17)13-16/h3-13H,25H2,1-2H3. The Balaban J connectivity index is 1.82. The predicted octanol–water partition coefficient (Wildman–Crippen LogP) is 6.35. The molecule has 4 aromatic rings. The van der Waals surface area contributed by atoms with Crippen molar-refractivity contribution in [2.45, 2.75) is 13.8 Å².